The third kappa shape index (κ3) is 4.45. The summed E-state index contributed by atoms with van der Waals surface area (Å²) in [5, 5.41) is 2.08. The molecule has 0 aromatic heterocycles. The molecule has 2 heterocycles. The Morgan fingerprint density at radius 3 is 2.67 bits per heavy atom. The number of carbonyl (C=O) groups excluding carboxylic acids is 1. The number of carbonyl (C=O) groups is 1. The highest BCUT2D eigenvalue weighted by molar-refractivity contribution is 5.81. The van der Waals surface area contributed by atoms with E-state index in [2.05, 4.69) is 39.7 Å². The van der Waals surface area contributed by atoms with Crippen molar-refractivity contribution in [2.24, 2.45) is 0 Å². The third-order valence-electron chi connectivity index (χ3n) is 7.36. The molecule has 0 fully saturated rings. The molecule has 4 nitrogen and oxygen atoms in total. The summed E-state index contributed by atoms with van der Waals surface area (Å²) in [6.45, 7) is 12.7. The van der Waals surface area contributed by atoms with E-state index in [-0.39, 0.29) is 11.9 Å². The number of hydrogen-bond donors (Lipinski definition) is 0. The molecule has 0 amide bonds. The molecular formula is C28H36FNO3. The van der Waals surface area contributed by atoms with E-state index < -0.39 is 0 Å². The second-order valence-electron chi connectivity index (χ2n) is 9.54. The Hall–Kier alpha value is -2.24. The number of fused-ring (bicyclic) bond motifs is 2. The van der Waals surface area contributed by atoms with Crippen LogP contribution in [0.2, 0.25) is 0 Å². The van der Waals surface area contributed by atoms with Crippen LogP contribution in [0, 0.1) is 26.6 Å². The maximum Gasteiger partial charge on any atom is 0.165 e. The second kappa shape index (κ2) is 9.94. The third-order valence-corrected chi connectivity index (χ3v) is 7.36. The predicted octanol–water partition coefficient (Wildman–Crippen LogP) is 5.96. The quantitative estimate of drug-likeness (QED) is 0.485. The van der Waals surface area contributed by atoms with Crippen molar-refractivity contribution < 1.29 is 18.8 Å². The van der Waals surface area contributed by atoms with Crippen molar-refractivity contribution in [1.29, 1.82) is 0 Å². The molecule has 5 heteroatoms. The predicted molar refractivity (Wildman–Crippen MR) is 129 cm³/mol. The van der Waals surface area contributed by atoms with E-state index in [1.54, 1.807) is 6.07 Å². The minimum Gasteiger partial charge on any atom is -0.490 e. The molecule has 0 saturated carbocycles. The van der Waals surface area contributed by atoms with Crippen LogP contribution < -0.4 is 4.74 Å². The van der Waals surface area contributed by atoms with Gasteiger partial charge in [-0.2, -0.15) is 5.06 Å². The highest BCUT2D eigenvalue weighted by Gasteiger charge is 2.29. The summed E-state index contributed by atoms with van der Waals surface area (Å²) < 4.78 is 20.8. The minimum atomic E-state index is -0.310. The van der Waals surface area contributed by atoms with Gasteiger partial charge in [0.15, 0.2) is 11.6 Å². The SMILES string of the molecule is CCCC(C)ON1CCc2c(C)c(CC=O)c(-c3cc(F)c4c(c3C)CCCO4)c(C)c2C1. The summed E-state index contributed by atoms with van der Waals surface area (Å²) in [7, 11) is 0. The minimum absolute atomic E-state index is 0.184. The summed E-state index contributed by atoms with van der Waals surface area (Å²) in [6, 6.07) is 1.61. The van der Waals surface area contributed by atoms with Gasteiger partial charge in [-0.15, -0.1) is 0 Å². The van der Waals surface area contributed by atoms with E-state index in [4.69, 9.17) is 9.57 Å². The Bertz CT molecular complexity index is 1060. The molecule has 0 aliphatic carbocycles. The molecule has 1 atom stereocenters. The maximum absolute atomic E-state index is 15.1. The van der Waals surface area contributed by atoms with Crippen molar-refractivity contribution in [2.75, 3.05) is 13.2 Å². The number of nitrogens with zero attached hydrogens (tertiary/aromatic N) is 1. The number of rotatable bonds is 7. The van der Waals surface area contributed by atoms with E-state index in [0.29, 0.717) is 25.3 Å². The van der Waals surface area contributed by atoms with Crippen LogP contribution in [0.5, 0.6) is 5.75 Å². The lowest BCUT2D eigenvalue weighted by Gasteiger charge is -2.34. The summed E-state index contributed by atoms with van der Waals surface area (Å²) in [4.78, 5) is 17.9. The van der Waals surface area contributed by atoms with Crippen molar-refractivity contribution in [2.45, 2.75) is 85.8 Å². The molecule has 0 spiro atoms. The first kappa shape index (κ1) is 23.9. The van der Waals surface area contributed by atoms with Crippen LogP contribution in [0.3, 0.4) is 0 Å². The number of benzene rings is 2. The normalized spacial score (nSPS) is 16.7. The topological polar surface area (TPSA) is 38.8 Å². The monoisotopic (exact) mass is 453 g/mol. The van der Waals surface area contributed by atoms with Gasteiger partial charge in [0.25, 0.3) is 0 Å². The molecule has 2 aliphatic heterocycles. The van der Waals surface area contributed by atoms with Gasteiger partial charge in [-0.25, -0.2) is 4.39 Å². The van der Waals surface area contributed by atoms with Crippen LogP contribution in [0.15, 0.2) is 6.07 Å². The van der Waals surface area contributed by atoms with Gasteiger partial charge in [0.2, 0.25) is 0 Å². The van der Waals surface area contributed by atoms with Gasteiger partial charge in [0.05, 0.1) is 12.7 Å². The van der Waals surface area contributed by atoms with Gasteiger partial charge < -0.3 is 9.53 Å². The number of halogens is 1. The fraction of sp³-hybridized carbons (Fsp3) is 0.536. The fourth-order valence-corrected chi connectivity index (χ4v) is 5.67. The smallest absolute Gasteiger partial charge is 0.165 e. The van der Waals surface area contributed by atoms with Crippen molar-refractivity contribution in [1.82, 2.24) is 5.06 Å². The van der Waals surface area contributed by atoms with E-state index in [0.717, 1.165) is 83.9 Å². The van der Waals surface area contributed by atoms with Crippen molar-refractivity contribution in [3.8, 4) is 16.9 Å². The van der Waals surface area contributed by atoms with Crippen LogP contribution in [0.4, 0.5) is 4.39 Å². The first-order chi connectivity index (χ1) is 15.9. The van der Waals surface area contributed by atoms with Gasteiger partial charge >= 0.3 is 0 Å². The molecule has 1 unspecified atom stereocenters. The first-order valence-electron chi connectivity index (χ1n) is 12.3. The van der Waals surface area contributed by atoms with Gasteiger partial charge in [0.1, 0.15) is 6.29 Å². The molecule has 4 rings (SSSR count). The van der Waals surface area contributed by atoms with E-state index >= 15 is 4.39 Å². The number of hydroxylamine groups is 2. The largest absolute Gasteiger partial charge is 0.490 e. The van der Waals surface area contributed by atoms with Crippen molar-refractivity contribution in [3.63, 3.8) is 0 Å². The lowest BCUT2D eigenvalue weighted by molar-refractivity contribution is -0.203. The molecule has 0 bridgehead atoms. The highest BCUT2D eigenvalue weighted by atomic mass is 19.1. The average molecular weight is 454 g/mol. The Kier molecular flexibility index (Phi) is 7.20. The second-order valence-corrected chi connectivity index (χ2v) is 9.54. The van der Waals surface area contributed by atoms with Gasteiger partial charge in [0, 0.05) is 25.1 Å². The molecule has 2 aromatic carbocycles. The zero-order valence-corrected chi connectivity index (χ0v) is 20.6. The molecule has 2 aromatic rings. The Labute approximate surface area is 197 Å². The van der Waals surface area contributed by atoms with Crippen LogP contribution in [0.25, 0.3) is 11.1 Å². The highest BCUT2D eigenvalue weighted by Crippen LogP contribution is 2.43. The molecule has 0 N–H and O–H groups in total. The van der Waals surface area contributed by atoms with Crippen LogP contribution in [0.1, 0.15) is 72.1 Å². The molecule has 0 saturated heterocycles. The Morgan fingerprint density at radius 2 is 1.94 bits per heavy atom. The maximum atomic E-state index is 15.1. The summed E-state index contributed by atoms with van der Waals surface area (Å²) >= 11 is 0. The Balaban J connectivity index is 1.85. The lowest BCUT2D eigenvalue weighted by Crippen LogP contribution is -2.35. The van der Waals surface area contributed by atoms with Crippen LogP contribution >= 0.6 is 0 Å². The van der Waals surface area contributed by atoms with Crippen molar-refractivity contribution >= 4 is 6.29 Å². The Morgan fingerprint density at radius 1 is 1.15 bits per heavy atom. The van der Waals surface area contributed by atoms with Crippen LogP contribution in [-0.4, -0.2) is 30.6 Å². The zero-order valence-electron chi connectivity index (χ0n) is 20.6. The molecule has 0 radical (unpaired) electrons. The number of aldehydes is 1. The van der Waals surface area contributed by atoms with E-state index in [1.165, 1.54) is 11.1 Å². The fourth-order valence-electron chi connectivity index (χ4n) is 5.67. The molecular weight excluding hydrogens is 417 g/mol. The lowest BCUT2D eigenvalue weighted by atomic mass is 9.79. The summed E-state index contributed by atoms with van der Waals surface area (Å²) in [5.74, 6) is 0.0896. The molecule has 2 aliphatic rings. The van der Waals surface area contributed by atoms with E-state index in [1.807, 2.05) is 0 Å². The van der Waals surface area contributed by atoms with Gasteiger partial charge in [-0.1, -0.05) is 13.3 Å². The number of ether oxygens (including phenoxy) is 1. The summed E-state index contributed by atoms with van der Waals surface area (Å²) in [5.41, 5.74) is 9.78. The number of hydrogen-bond acceptors (Lipinski definition) is 4. The van der Waals surface area contributed by atoms with Gasteiger partial charge in [-0.3, -0.25) is 4.84 Å². The first-order valence-corrected chi connectivity index (χ1v) is 12.3. The standard InChI is InChI=1S/C28H36FNO3/c1-6-8-17(2)33-30-12-10-21-18(3)22(11-13-31)27(20(5)25(21)16-30)24-15-26(29)28-23(19(24)4)9-7-14-32-28/h13,15,17H,6-12,14,16H2,1-5H3. The average Bonchev–Trinajstić information content (AvgIpc) is 2.80. The zero-order chi connectivity index (χ0) is 23.7. The van der Waals surface area contributed by atoms with Crippen molar-refractivity contribution in [3.05, 3.63) is 50.8 Å². The van der Waals surface area contributed by atoms with Gasteiger partial charge in [-0.05, 0) is 104 Å². The van der Waals surface area contributed by atoms with E-state index in [9.17, 15) is 4.79 Å². The summed E-state index contributed by atoms with van der Waals surface area (Å²) in [6.07, 6.45) is 6.20. The van der Waals surface area contributed by atoms with Crippen LogP contribution in [-0.2, 0) is 35.4 Å². The molecule has 33 heavy (non-hydrogen) atoms. The molecule has 178 valence electrons.